The van der Waals surface area contributed by atoms with Gasteiger partial charge in [0.15, 0.2) is 0 Å². The minimum Gasteiger partial charge on any atom is -0.373 e. The summed E-state index contributed by atoms with van der Waals surface area (Å²) in [6, 6.07) is 0. The smallest absolute Gasteiger partial charge is 0.250 e. The zero-order valence-corrected chi connectivity index (χ0v) is 11.0. The lowest BCUT2D eigenvalue weighted by molar-refractivity contribution is 0.584. The van der Waals surface area contributed by atoms with Gasteiger partial charge in [0.25, 0.3) is 5.16 Å². The molecule has 0 aliphatic carbocycles. The Balaban J connectivity index is 2.57. The Morgan fingerprint density at radius 1 is 1.29 bits per heavy atom. The lowest BCUT2D eigenvalue weighted by atomic mass is 10.2. The van der Waals surface area contributed by atoms with Crippen molar-refractivity contribution in [3.05, 3.63) is 5.56 Å². The highest BCUT2D eigenvalue weighted by Crippen LogP contribution is 2.27. The van der Waals surface area contributed by atoms with Crippen molar-refractivity contribution < 1.29 is 8.42 Å². The van der Waals surface area contributed by atoms with Crippen molar-refractivity contribution in [2.45, 2.75) is 18.5 Å². The van der Waals surface area contributed by atoms with Crippen LogP contribution in [0.4, 0.5) is 11.6 Å². The van der Waals surface area contributed by atoms with Gasteiger partial charge in [-0.3, -0.25) is 0 Å². The first-order valence-corrected chi connectivity index (χ1v) is 7.34. The summed E-state index contributed by atoms with van der Waals surface area (Å²) in [5.41, 5.74) is 0.889. The van der Waals surface area contributed by atoms with Crippen LogP contribution < -0.4 is 10.2 Å². The molecule has 1 N–H and O–H groups in total. The van der Waals surface area contributed by atoms with Gasteiger partial charge < -0.3 is 10.2 Å². The molecule has 0 unspecified atom stereocenters. The normalized spacial score (nSPS) is 15.6. The molecule has 2 heterocycles. The second kappa shape index (κ2) is 4.14. The van der Waals surface area contributed by atoms with Gasteiger partial charge in [0.05, 0.1) is 0 Å². The SMILES string of the molecule is CNc1nc(S(C)(=O)=O)nc(N2CCC2)c1C. The van der Waals surface area contributed by atoms with Crippen LogP contribution in [0.15, 0.2) is 5.16 Å². The maximum absolute atomic E-state index is 11.5. The molecule has 1 fully saturated rings. The molecule has 0 atom stereocenters. The highest BCUT2D eigenvalue weighted by Gasteiger charge is 2.23. The van der Waals surface area contributed by atoms with E-state index in [1.54, 1.807) is 7.05 Å². The summed E-state index contributed by atoms with van der Waals surface area (Å²) < 4.78 is 23.0. The molecule has 2 rings (SSSR count). The third-order valence-corrected chi connectivity index (χ3v) is 3.67. The molecule has 7 heteroatoms. The van der Waals surface area contributed by atoms with Crippen LogP contribution >= 0.6 is 0 Å². The molecule has 1 aliphatic rings. The van der Waals surface area contributed by atoms with Gasteiger partial charge >= 0.3 is 0 Å². The first-order valence-electron chi connectivity index (χ1n) is 5.45. The second-order valence-electron chi connectivity index (χ2n) is 4.17. The van der Waals surface area contributed by atoms with E-state index in [2.05, 4.69) is 20.2 Å². The summed E-state index contributed by atoms with van der Waals surface area (Å²) in [6.45, 7) is 3.74. The molecule has 1 aliphatic heterocycles. The molecule has 1 aromatic heterocycles. The van der Waals surface area contributed by atoms with E-state index in [1.165, 1.54) is 0 Å². The van der Waals surface area contributed by atoms with Gasteiger partial charge in [0, 0.05) is 32.0 Å². The van der Waals surface area contributed by atoms with Crippen molar-refractivity contribution >= 4 is 21.5 Å². The number of rotatable bonds is 3. The van der Waals surface area contributed by atoms with Crippen LogP contribution in [-0.4, -0.2) is 44.8 Å². The molecular weight excluding hydrogens is 240 g/mol. The monoisotopic (exact) mass is 256 g/mol. The van der Waals surface area contributed by atoms with Gasteiger partial charge in [-0.15, -0.1) is 0 Å². The first-order chi connectivity index (χ1) is 7.93. The van der Waals surface area contributed by atoms with Crippen LogP contribution in [0.3, 0.4) is 0 Å². The molecule has 1 saturated heterocycles. The van der Waals surface area contributed by atoms with Crippen molar-refractivity contribution in [2.24, 2.45) is 0 Å². The minimum atomic E-state index is -3.38. The van der Waals surface area contributed by atoms with Gasteiger partial charge in [-0.25, -0.2) is 18.4 Å². The summed E-state index contributed by atoms with van der Waals surface area (Å²) >= 11 is 0. The molecule has 0 saturated carbocycles. The summed E-state index contributed by atoms with van der Waals surface area (Å²) in [7, 11) is -1.66. The molecule has 1 aromatic rings. The lowest BCUT2D eigenvalue weighted by Gasteiger charge is -2.33. The Hall–Kier alpha value is -1.37. The Bertz CT molecular complexity index is 537. The minimum absolute atomic E-state index is 0.116. The maximum Gasteiger partial charge on any atom is 0.250 e. The van der Waals surface area contributed by atoms with Crippen LogP contribution in [0.25, 0.3) is 0 Å². The number of anilines is 2. The molecule has 0 radical (unpaired) electrons. The van der Waals surface area contributed by atoms with E-state index in [9.17, 15) is 8.42 Å². The number of nitrogens with zero attached hydrogens (tertiary/aromatic N) is 3. The van der Waals surface area contributed by atoms with Crippen molar-refractivity contribution in [1.82, 2.24) is 9.97 Å². The quantitative estimate of drug-likeness (QED) is 0.791. The zero-order chi connectivity index (χ0) is 12.6. The van der Waals surface area contributed by atoms with Gasteiger partial charge in [0.1, 0.15) is 11.6 Å². The molecule has 17 heavy (non-hydrogen) atoms. The van der Waals surface area contributed by atoms with E-state index < -0.39 is 9.84 Å². The summed E-state index contributed by atoms with van der Waals surface area (Å²) in [6.07, 6.45) is 2.24. The number of aromatic nitrogens is 2. The average Bonchev–Trinajstić information content (AvgIpc) is 2.16. The Kier molecular flexibility index (Phi) is 2.94. The van der Waals surface area contributed by atoms with E-state index in [0.29, 0.717) is 5.82 Å². The van der Waals surface area contributed by atoms with Crippen molar-refractivity contribution in [3.63, 3.8) is 0 Å². The Morgan fingerprint density at radius 2 is 1.94 bits per heavy atom. The van der Waals surface area contributed by atoms with Crippen molar-refractivity contribution in [1.29, 1.82) is 0 Å². The molecule has 0 spiro atoms. The van der Waals surface area contributed by atoms with Gasteiger partial charge in [-0.2, -0.15) is 0 Å². The number of nitrogens with one attached hydrogen (secondary N) is 1. The maximum atomic E-state index is 11.5. The van der Waals surface area contributed by atoms with E-state index in [0.717, 1.165) is 37.1 Å². The standard InChI is InChI=1S/C10H16N4O2S/c1-7-8(11-2)12-10(17(3,15)16)13-9(7)14-5-4-6-14/h4-6H2,1-3H3,(H,11,12,13). The summed E-state index contributed by atoms with van der Waals surface area (Å²) in [5, 5.41) is 2.79. The molecule has 0 bridgehead atoms. The van der Waals surface area contributed by atoms with Crippen LogP contribution in [0.1, 0.15) is 12.0 Å². The fourth-order valence-electron chi connectivity index (χ4n) is 1.73. The first kappa shape index (κ1) is 12.1. The fraction of sp³-hybridized carbons (Fsp3) is 0.600. The van der Waals surface area contributed by atoms with Crippen molar-refractivity contribution in [3.8, 4) is 0 Å². The third-order valence-electron chi connectivity index (χ3n) is 2.82. The lowest BCUT2D eigenvalue weighted by Crippen LogP contribution is -2.38. The summed E-state index contributed by atoms with van der Waals surface area (Å²) in [4.78, 5) is 10.2. The predicted octanol–water partition coefficient (Wildman–Crippen LogP) is 0.440. The zero-order valence-electron chi connectivity index (χ0n) is 10.2. The molecule has 94 valence electrons. The van der Waals surface area contributed by atoms with Gasteiger partial charge in [-0.05, 0) is 13.3 Å². The van der Waals surface area contributed by atoms with Crippen LogP contribution in [0.2, 0.25) is 0 Å². The number of hydrogen-bond donors (Lipinski definition) is 1. The molecular formula is C10H16N4O2S. The molecule has 0 aromatic carbocycles. The van der Waals surface area contributed by atoms with E-state index in [1.807, 2.05) is 6.92 Å². The van der Waals surface area contributed by atoms with Gasteiger partial charge in [0.2, 0.25) is 9.84 Å². The van der Waals surface area contributed by atoms with Crippen molar-refractivity contribution in [2.75, 3.05) is 36.6 Å². The number of sulfone groups is 1. The second-order valence-corrected chi connectivity index (χ2v) is 6.08. The fourth-order valence-corrected chi connectivity index (χ4v) is 2.24. The Morgan fingerprint density at radius 3 is 2.35 bits per heavy atom. The molecule has 6 nitrogen and oxygen atoms in total. The topological polar surface area (TPSA) is 75.2 Å². The Labute approximate surface area is 101 Å². The highest BCUT2D eigenvalue weighted by molar-refractivity contribution is 7.90. The molecule has 0 amide bonds. The van der Waals surface area contributed by atoms with Crippen LogP contribution in [-0.2, 0) is 9.84 Å². The van der Waals surface area contributed by atoms with E-state index in [-0.39, 0.29) is 5.16 Å². The highest BCUT2D eigenvalue weighted by atomic mass is 32.2. The predicted molar refractivity (Wildman–Crippen MR) is 66.3 cm³/mol. The van der Waals surface area contributed by atoms with Crippen LogP contribution in [0, 0.1) is 6.92 Å². The number of hydrogen-bond acceptors (Lipinski definition) is 6. The van der Waals surface area contributed by atoms with Gasteiger partial charge in [-0.1, -0.05) is 0 Å². The van der Waals surface area contributed by atoms with E-state index >= 15 is 0 Å². The average molecular weight is 256 g/mol. The third kappa shape index (κ3) is 2.19. The largest absolute Gasteiger partial charge is 0.373 e. The summed E-state index contributed by atoms with van der Waals surface area (Å²) in [5.74, 6) is 1.29. The van der Waals surface area contributed by atoms with Crippen LogP contribution in [0.5, 0.6) is 0 Å². The van der Waals surface area contributed by atoms with E-state index in [4.69, 9.17) is 0 Å².